The van der Waals surface area contributed by atoms with Gasteiger partial charge in [-0.05, 0) is 46.0 Å². The molecule has 3 rings (SSSR count). The molecular formula is C21H34IN5O2. The fourth-order valence-electron chi connectivity index (χ4n) is 3.53. The average molecular weight is 515 g/mol. The molecule has 0 spiro atoms. The van der Waals surface area contributed by atoms with Crippen molar-refractivity contribution in [2.24, 2.45) is 4.99 Å². The number of piperazine rings is 1. The lowest BCUT2D eigenvalue weighted by molar-refractivity contribution is 0.0137. The summed E-state index contributed by atoms with van der Waals surface area (Å²) in [7, 11) is 4.15. The number of rotatable bonds is 4. The Morgan fingerprint density at radius 3 is 2.48 bits per heavy atom. The number of hydrogen-bond acceptors (Lipinski definition) is 6. The maximum Gasteiger partial charge on any atom is 0.410 e. The number of amides is 1. The number of halogens is 1. The number of benzene rings is 1. The van der Waals surface area contributed by atoms with Crippen molar-refractivity contribution in [1.29, 1.82) is 0 Å². The Labute approximate surface area is 191 Å². The summed E-state index contributed by atoms with van der Waals surface area (Å²) < 4.78 is 5.50. The third-order valence-corrected chi connectivity index (χ3v) is 4.83. The highest BCUT2D eigenvalue weighted by Gasteiger charge is 2.36. The molecule has 1 atom stereocenters. The van der Waals surface area contributed by atoms with Crippen molar-refractivity contribution in [3.8, 4) is 0 Å². The Hall–Kier alpha value is -1.55. The molecule has 162 valence electrons. The summed E-state index contributed by atoms with van der Waals surface area (Å²) >= 11 is 0. The number of hydrogen-bond donors (Lipinski definition) is 1. The molecule has 0 radical (unpaired) electrons. The van der Waals surface area contributed by atoms with Crippen molar-refractivity contribution in [1.82, 2.24) is 20.0 Å². The summed E-state index contributed by atoms with van der Waals surface area (Å²) in [5.41, 5.74) is 2.08. The Balaban J connectivity index is 0.00000300. The second kappa shape index (κ2) is 9.97. The van der Waals surface area contributed by atoms with Gasteiger partial charge in [0, 0.05) is 32.7 Å². The van der Waals surface area contributed by atoms with Gasteiger partial charge in [0.2, 0.25) is 0 Å². The van der Waals surface area contributed by atoms with Gasteiger partial charge >= 0.3 is 6.09 Å². The molecule has 0 saturated carbocycles. The topological polar surface area (TPSA) is 60.4 Å². The van der Waals surface area contributed by atoms with Gasteiger partial charge in [0.15, 0.2) is 5.96 Å². The molecule has 0 aliphatic carbocycles. The Morgan fingerprint density at radius 1 is 1.21 bits per heavy atom. The van der Waals surface area contributed by atoms with Crippen LogP contribution in [0, 0.1) is 0 Å². The number of guanidine groups is 1. The van der Waals surface area contributed by atoms with Crippen LogP contribution in [0.1, 0.15) is 31.9 Å². The quantitative estimate of drug-likeness (QED) is 0.626. The zero-order valence-electron chi connectivity index (χ0n) is 18.1. The number of nitrogens with one attached hydrogen (secondary N) is 1. The van der Waals surface area contributed by atoms with Crippen molar-refractivity contribution < 1.29 is 9.53 Å². The van der Waals surface area contributed by atoms with Crippen LogP contribution in [0.15, 0.2) is 29.3 Å². The number of ether oxygens (including phenoxy) is 1. The van der Waals surface area contributed by atoms with E-state index in [1.165, 1.54) is 11.1 Å². The number of carbonyl (C=O) groups is 1. The SMILES string of the molecule is CN(C)Cc1ccc(CNC2=NCC3CN(C(=O)OC(C)(C)C)CCN23)cc1.I. The van der Waals surface area contributed by atoms with Crippen LogP contribution in [0.4, 0.5) is 4.79 Å². The third-order valence-electron chi connectivity index (χ3n) is 4.83. The fourth-order valence-corrected chi connectivity index (χ4v) is 3.53. The molecule has 1 N–H and O–H groups in total. The highest BCUT2D eigenvalue weighted by Crippen LogP contribution is 2.19. The number of aliphatic imine (C=N–C) groups is 1. The van der Waals surface area contributed by atoms with Gasteiger partial charge in [0.25, 0.3) is 0 Å². The molecule has 2 heterocycles. The first-order valence-corrected chi connectivity index (χ1v) is 9.97. The van der Waals surface area contributed by atoms with E-state index in [-0.39, 0.29) is 36.1 Å². The van der Waals surface area contributed by atoms with E-state index < -0.39 is 5.60 Å². The van der Waals surface area contributed by atoms with Gasteiger partial charge in [-0.25, -0.2) is 4.79 Å². The summed E-state index contributed by atoms with van der Waals surface area (Å²) in [6, 6.07) is 8.91. The molecular weight excluding hydrogens is 481 g/mol. The van der Waals surface area contributed by atoms with E-state index in [0.29, 0.717) is 19.6 Å². The van der Waals surface area contributed by atoms with Crippen LogP contribution in [0.3, 0.4) is 0 Å². The van der Waals surface area contributed by atoms with Crippen molar-refractivity contribution >= 4 is 36.0 Å². The molecule has 0 bridgehead atoms. The van der Waals surface area contributed by atoms with Gasteiger partial charge in [0.1, 0.15) is 5.60 Å². The van der Waals surface area contributed by atoms with E-state index in [9.17, 15) is 4.79 Å². The highest BCUT2D eigenvalue weighted by molar-refractivity contribution is 14.0. The van der Waals surface area contributed by atoms with Crippen LogP contribution in [0.25, 0.3) is 0 Å². The van der Waals surface area contributed by atoms with Gasteiger partial charge in [-0.1, -0.05) is 24.3 Å². The molecule has 2 aliphatic heterocycles. The summed E-state index contributed by atoms with van der Waals surface area (Å²) in [4.78, 5) is 23.2. The Bertz CT molecular complexity index is 715. The number of nitrogens with zero attached hydrogens (tertiary/aromatic N) is 4. The van der Waals surface area contributed by atoms with Crippen molar-refractivity contribution in [2.45, 2.75) is 45.5 Å². The lowest BCUT2D eigenvalue weighted by Gasteiger charge is -2.39. The van der Waals surface area contributed by atoms with Gasteiger partial charge in [0.05, 0.1) is 12.6 Å². The van der Waals surface area contributed by atoms with E-state index in [0.717, 1.165) is 25.6 Å². The average Bonchev–Trinajstić information content (AvgIpc) is 3.01. The normalized spacial score (nSPS) is 18.8. The first-order valence-electron chi connectivity index (χ1n) is 9.97. The van der Waals surface area contributed by atoms with Crippen LogP contribution in [0.2, 0.25) is 0 Å². The van der Waals surface area contributed by atoms with Gasteiger partial charge in [-0.3, -0.25) is 4.99 Å². The molecule has 0 aromatic heterocycles. The molecule has 2 aliphatic rings. The van der Waals surface area contributed by atoms with Crippen molar-refractivity contribution in [3.05, 3.63) is 35.4 Å². The Morgan fingerprint density at radius 2 is 1.86 bits per heavy atom. The standard InChI is InChI=1S/C21H33N5O2.HI/c1-21(2,3)28-20(27)25-10-11-26-18(15-25)13-23-19(26)22-12-16-6-8-17(9-7-16)14-24(4)5;/h6-9,18H,10-15H2,1-5H3,(H,22,23);1H. The molecule has 1 amide bonds. The summed E-state index contributed by atoms with van der Waals surface area (Å²) in [5, 5.41) is 3.47. The van der Waals surface area contributed by atoms with Gasteiger partial charge in [-0.15, -0.1) is 24.0 Å². The van der Waals surface area contributed by atoms with Crippen LogP contribution >= 0.6 is 24.0 Å². The minimum atomic E-state index is -0.463. The molecule has 1 unspecified atom stereocenters. The van der Waals surface area contributed by atoms with Crippen LogP contribution in [0.5, 0.6) is 0 Å². The minimum absolute atomic E-state index is 0. The van der Waals surface area contributed by atoms with E-state index >= 15 is 0 Å². The number of carbonyl (C=O) groups excluding carboxylic acids is 1. The molecule has 1 saturated heterocycles. The lowest BCUT2D eigenvalue weighted by atomic mass is 10.1. The van der Waals surface area contributed by atoms with Gasteiger partial charge < -0.3 is 24.8 Å². The summed E-state index contributed by atoms with van der Waals surface area (Å²) in [5.74, 6) is 0.936. The summed E-state index contributed by atoms with van der Waals surface area (Å²) in [6.07, 6.45) is -0.230. The predicted octanol–water partition coefficient (Wildman–Crippen LogP) is 2.75. The second-order valence-corrected chi connectivity index (χ2v) is 8.85. The monoisotopic (exact) mass is 515 g/mol. The highest BCUT2D eigenvalue weighted by atomic mass is 127. The largest absolute Gasteiger partial charge is 0.444 e. The maximum atomic E-state index is 12.3. The molecule has 1 aromatic rings. The first kappa shape index (κ1) is 23.7. The van der Waals surface area contributed by atoms with Crippen LogP contribution in [-0.4, -0.2) is 78.7 Å². The minimum Gasteiger partial charge on any atom is -0.444 e. The maximum absolute atomic E-state index is 12.3. The van der Waals surface area contributed by atoms with Crippen LogP contribution in [-0.2, 0) is 17.8 Å². The molecule has 8 heteroatoms. The lowest BCUT2D eigenvalue weighted by Crippen LogP contribution is -2.57. The molecule has 29 heavy (non-hydrogen) atoms. The zero-order valence-corrected chi connectivity index (χ0v) is 20.5. The second-order valence-electron chi connectivity index (χ2n) is 8.85. The van der Waals surface area contributed by atoms with E-state index in [1.807, 2.05) is 20.8 Å². The third kappa shape index (κ3) is 6.74. The smallest absolute Gasteiger partial charge is 0.410 e. The van der Waals surface area contributed by atoms with E-state index in [4.69, 9.17) is 4.74 Å². The van der Waals surface area contributed by atoms with Crippen molar-refractivity contribution in [2.75, 3.05) is 40.3 Å². The zero-order chi connectivity index (χ0) is 20.3. The fraction of sp³-hybridized carbons (Fsp3) is 0.619. The first-order chi connectivity index (χ1) is 13.2. The van der Waals surface area contributed by atoms with Crippen LogP contribution < -0.4 is 5.32 Å². The van der Waals surface area contributed by atoms with E-state index in [1.54, 1.807) is 4.90 Å². The summed E-state index contributed by atoms with van der Waals surface area (Å²) in [6.45, 7) is 10.2. The predicted molar refractivity (Wildman–Crippen MR) is 127 cm³/mol. The Kier molecular flexibility index (Phi) is 8.16. The molecule has 7 nitrogen and oxygen atoms in total. The van der Waals surface area contributed by atoms with Crippen molar-refractivity contribution in [3.63, 3.8) is 0 Å². The number of fused-ring (bicyclic) bond motifs is 1. The molecule has 1 aromatic carbocycles. The molecule has 1 fully saturated rings. The van der Waals surface area contributed by atoms with Gasteiger partial charge in [-0.2, -0.15) is 0 Å². The van der Waals surface area contributed by atoms with E-state index in [2.05, 4.69) is 58.5 Å².